The molecule has 0 saturated heterocycles. The average Bonchev–Trinajstić information content (AvgIpc) is 2.38. The quantitative estimate of drug-likeness (QED) is 0.837. The lowest BCUT2D eigenvalue weighted by molar-refractivity contribution is 0.0472. The third-order valence-electron chi connectivity index (χ3n) is 3.54. The summed E-state index contributed by atoms with van der Waals surface area (Å²) in [4.78, 5) is 0. The lowest BCUT2D eigenvalue weighted by Crippen LogP contribution is -2.22. The monoisotopic (exact) mass is 284 g/mol. The van der Waals surface area contributed by atoms with E-state index in [4.69, 9.17) is 0 Å². The Kier molecular flexibility index (Phi) is 5.56. The lowest BCUT2D eigenvalue weighted by Gasteiger charge is -2.24. The Balaban J connectivity index is 2.64. The summed E-state index contributed by atoms with van der Waals surface area (Å²) in [5.41, 5.74) is 1.11. The second-order valence-electron chi connectivity index (χ2n) is 5.16. The molecule has 1 unspecified atom stereocenters. The Morgan fingerprint density at radius 1 is 1.16 bits per heavy atom. The van der Waals surface area contributed by atoms with Gasteiger partial charge in [-0.25, -0.2) is 8.42 Å². The van der Waals surface area contributed by atoms with Crippen LogP contribution < -0.4 is 0 Å². The summed E-state index contributed by atoms with van der Waals surface area (Å²) in [6, 6.07) is 7.86. The Morgan fingerprint density at radius 2 is 1.74 bits per heavy atom. The highest BCUT2D eigenvalue weighted by Gasteiger charge is 2.23. The molecule has 0 aliphatic heterocycles. The number of hydrogen-bond acceptors (Lipinski definition) is 3. The maximum Gasteiger partial charge on any atom is 0.150 e. The van der Waals surface area contributed by atoms with E-state index in [1.165, 1.54) is 5.56 Å². The van der Waals surface area contributed by atoms with Gasteiger partial charge in [0.25, 0.3) is 0 Å². The van der Waals surface area contributed by atoms with E-state index in [0.717, 1.165) is 12.0 Å². The van der Waals surface area contributed by atoms with E-state index in [-0.39, 0.29) is 11.5 Å². The summed E-state index contributed by atoms with van der Waals surface area (Å²) in [5.74, 6) is 0.313. The topological polar surface area (TPSA) is 54.4 Å². The van der Waals surface area contributed by atoms with Crippen LogP contribution in [0.1, 0.15) is 44.7 Å². The van der Waals surface area contributed by atoms with Crippen molar-refractivity contribution in [1.82, 2.24) is 0 Å². The van der Waals surface area contributed by atoms with E-state index in [9.17, 15) is 13.5 Å². The van der Waals surface area contributed by atoms with Gasteiger partial charge in [-0.1, -0.05) is 38.1 Å². The molecule has 0 aliphatic rings. The van der Waals surface area contributed by atoms with Crippen LogP contribution in [0.3, 0.4) is 0 Å². The van der Waals surface area contributed by atoms with Gasteiger partial charge in [-0.05, 0) is 37.3 Å². The predicted molar refractivity (Wildman–Crippen MR) is 79.0 cm³/mol. The molecule has 0 bridgehead atoms. The van der Waals surface area contributed by atoms with Crippen LogP contribution in [0, 0.1) is 0 Å². The van der Waals surface area contributed by atoms with Crippen LogP contribution in [0.2, 0.25) is 0 Å². The molecular weight excluding hydrogens is 260 g/mol. The van der Waals surface area contributed by atoms with Crippen LogP contribution >= 0.6 is 0 Å². The number of benzene rings is 1. The first-order valence-corrected chi connectivity index (χ1v) is 8.65. The second-order valence-corrected chi connectivity index (χ2v) is 7.64. The Hall–Kier alpha value is -0.870. The molecule has 0 spiro atoms. The lowest BCUT2D eigenvalue weighted by atomic mass is 9.90. The highest BCUT2D eigenvalue weighted by atomic mass is 32.2. The molecule has 1 N–H and O–H groups in total. The number of rotatable bonds is 7. The minimum atomic E-state index is -2.95. The van der Waals surface area contributed by atoms with Crippen molar-refractivity contribution in [2.24, 2.45) is 0 Å². The molecule has 0 aromatic heterocycles. The van der Waals surface area contributed by atoms with Crippen molar-refractivity contribution in [1.29, 1.82) is 0 Å². The van der Waals surface area contributed by atoms with Crippen LogP contribution in [0.15, 0.2) is 24.3 Å². The minimum Gasteiger partial charge on any atom is -0.385 e. The first kappa shape index (κ1) is 16.2. The normalized spacial score (nSPS) is 15.2. The van der Waals surface area contributed by atoms with Gasteiger partial charge in [-0.15, -0.1) is 0 Å². The SMILES string of the molecule is CCc1ccc(C(C)(O)CCCS(=O)(=O)CC)cc1. The first-order valence-electron chi connectivity index (χ1n) is 6.83. The van der Waals surface area contributed by atoms with Crippen molar-refractivity contribution in [2.75, 3.05) is 11.5 Å². The fraction of sp³-hybridized carbons (Fsp3) is 0.600. The molecule has 0 radical (unpaired) electrons. The van der Waals surface area contributed by atoms with E-state index in [1.54, 1.807) is 13.8 Å². The molecule has 0 aliphatic carbocycles. The molecule has 0 fully saturated rings. The summed E-state index contributed by atoms with van der Waals surface area (Å²) in [6.45, 7) is 5.48. The average molecular weight is 284 g/mol. The molecule has 4 heteroatoms. The molecule has 1 rings (SSSR count). The highest BCUT2D eigenvalue weighted by molar-refractivity contribution is 7.91. The largest absolute Gasteiger partial charge is 0.385 e. The van der Waals surface area contributed by atoms with Gasteiger partial charge in [-0.3, -0.25) is 0 Å². The fourth-order valence-corrected chi connectivity index (χ4v) is 2.90. The number of aryl methyl sites for hydroxylation is 1. The number of sulfone groups is 1. The van der Waals surface area contributed by atoms with Gasteiger partial charge in [0.2, 0.25) is 0 Å². The smallest absolute Gasteiger partial charge is 0.150 e. The van der Waals surface area contributed by atoms with E-state index in [1.807, 2.05) is 24.3 Å². The van der Waals surface area contributed by atoms with Gasteiger partial charge in [0.15, 0.2) is 0 Å². The maximum absolute atomic E-state index is 11.4. The van der Waals surface area contributed by atoms with E-state index < -0.39 is 15.4 Å². The van der Waals surface area contributed by atoms with Crippen LogP contribution in [0.5, 0.6) is 0 Å². The van der Waals surface area contributed by atoms with Gasteiger partial charge in [0, 0.05) is 5.75 Å². The van der Waals surface area contributed by atoms with E-state index >= 15 is 0 Å². The fourth-order valence-electron chi connectivity index (χ4n) is 2.02. The van der Waals surface area contributed by atoms with Crippen molar-refractivity contribution in [3.63, 3.8) is 0 Å². The summed E-state index contributed by atoms with van der Waals surface area (Å²) in [7, 11) is -2.95. The third kappa shape index (κ3) is 4.96. The molecule has 108 valence electrons. The molecule has 0 saturated carbocycles. The zero-order chi connectivity index (χ0) is 14.5. The van der Waals surface area contributed by atoms with Crippen molar-refractivity contribution in [3.8, 4) is 0 Å². The highest BCUT2D eigenvalue weighted by Crippen LogP contribution is 2.26. The van der Waals surface area contributed by atoms with Crippen LogP contribution in [0.4, 0.5) is 0 Å². The molecule has 0 heterocycles. The molecule has 1 aromatic rings. The predicted octanol–water partition coefficient (Wildman–Crippen LogP) is 2.67. The molecule has 0 amide bonds. The molecule has 1 aromatic carbocycles. The van der Waals surface area contributed by atoms with Gasteiger partial charge in [-0.2, -0.15) is 0 Å². The van der Waals surface area contributed by atoms with E-state index in [2.05, 4.69) is 6.92 Å². The van der Waals surface area contributed by atoms with Crippen molar-refractivity contribution >= 4 is 9.84 Å². The first-order chi connectivity index (χ1) is 8.80. The van der Waals surface area contributed by atoms with Crippen molar-refractivity contribution in [3.05, 3.63) is 35.4 Å². The van der Waals surface area contributed by atoms with Gasteiger partial charge in [0.1, 0.15) is 9.84 Å². The van der Waals surface area contributed by atoms with Gasteiger partial charge >= 0.3 is 0 Å². The van der Waals surface area contributed by atoms with Gasteiger partial charge < -0.3 is 5.11 Å². The summed E-state index contributed by atoms with van der Waals surface area (Å²) < 4.78 is 22.8. The number of aliphatic hydroxyl groups is 1. The van der Waals surface area contributed by atoms with E-state index in [0.29, 0.717) is 12.8 Å². The zero-order valence-electron chi connectivity index (χ0n) is 12.0. The number of hydrogen-bond donors (Lipinski definition) is 1. The Morgan fingerprint density at radius 3 is 2.21 bits per heavy atom. The standard InChI is InChI=1S/C15H24O3S/c1-4-13-7-9-14(10-8-13)15(3,16)11-6-12-19(17,18)5-2/h7-10,16H,4-6,11-12H2,1-3H3. The maximum atomic E-state index is 11.4. The summed E-state index contributed by atoms with van der Waals surface area (Å²) in [5, 5.41) is 10.4. The Bertz CT molecular complexity index is 487. The minimum absolute atomic E-state index is 0.146. The van der Waals surface area contributed by atoms with Crippen LogP contribution in [-0.2, 0) is 21.9 Å². The third-order valence-corrected chi connectivity index (χ3v) is 5.33. The molecule has 19 heavy (non-hydrogen) atoms. The second kappa shape index (κ2) is 6.53. The van der Waals surface area contributed by atoms with Gasteiger partial charge in [0.05, 0.1) is 11.4 Å². The zero-order valence-corrected chi connectivity index (χ0v) is 12.8. The van der Waals surface area contributed by atoms with Crippen LogP contribution in [0.25, 0.3) is 0 Å². The summed E-state index contributed by atoms with van der Waals surface area (Å²) in [6.07, 6.45) is 1.91. The molecule has 3 nitrogen and oxygen atoms in total. The molecular formula is C15H24O3S. The van der Waals surface area contributed by atoms with Crippen molar-refractivity contribution in [2.45, 2.75) is 45.6 Å². The summed E-state index contributed by atoms with van der Waals surface area (Å²) >= 11 is 0. The van der Waals surface area contributed by atoms with Crippen molar-refractivity contribution < 1.29 is 13.5 Å². The molecule has 1 atom stereocenters. The van der Waals surface area contributed by atoms with Crippen LogP contribution in [-0.4, -0.2) is 25.0 Å². The Labute approximate surface area is 116 Å².